The van der Waals surface area contributed by atoms with E-state index in [9.17, 15) is 18.0 Å². The van der Waals surface area contributed by atoms with Crippen molar-refractivity contribution in [3.63, 3.8) is 0 Å². The molecule has 2 amide bonds. The number of amides is 2. The Kier molecular flexibility index (Phi) is 6.82. The second-order valence-corrected chi connectivity index (χ2v) is 11.5. The van der Waals surface area contributed by atoms with E-state index in [1.807, 2.05) is 33.8 Å². The summed E-state index contributed by atoms with van der Waals surface area (Å²) < 4.78 is 28.4. The molecule has 1 aliphatic heterocycles. The summed E-state index contributed by atoms with van der Waals surface area (Å²) in [6.07, 6.45) is 2.93. The molecule has 182 valence electrons. The van der Waals surface area contributed by atoms with Crippen LogP contribution in [0.1, 0.15) is 58.3 Å². The minimum Gasteiger partial charge on any atom is -0.349 e. The maximum absolute atomic E-state index is 13.5. The van der Waals surface area contributed by atoms with Crippen molar-refractivity contribution in [2.45, 2.75) is 64.3 Å². The minimum atomic E-state index is -3.64. The van der Waals surface area contributed by atoms with Gasteiger partial charge in [-0.3, -0.25) is 9.59 Å². The highest BCUT2D eigenvalue weighted by atomic mass is 32.2. The average Bonchev–Trinajstić information content (AvgIpc) is 3.62. The van der Waals surface area contributed by atoms with E-state index in [2.05, 4.69) is 10.6 Å². The van der Waals surface area contributed by atoms with Gasteiger partial charge in [-0.25, -0.2) is 8.42 Å². The van der Waals surface area contributed by atoms with Crippen LogP contribution in [-0.4, -0.2) is 43.7 Å². The molecule has 1 saturated heterocycles. The number of nitrogens with one attached hydrogen (secondary N) is 2. The molecule has 1 heterocycles. The fourth-order valence-corrected chi connectivity index (χ4v) is 6.58. The predicted molar refractivity (Wildman–Crippen MR) is 132 cm³/mol. The number of anilines is 1. The molecular formula is C26H33N3O4S. The van der Waals surface area contributed by atoms with Gasteiger partial charge in [-0.2, -0.15) is 4.31 Å². The van der Waals surface area contributed by atoms with E-state index in [4.69, 9.17) is 0 Å². The summed E-state index contributed by atoms with van der Waals surface area (Å²) in [5.74, 6) is -0.554. The molecule has 4 rings (SSSR count). The van der Waals surface area contributed by atoms with Gasteiger partial charge in [0, 0.05) is 36.3 Å². The Morgan fingerprint density at radius 1 is 0.912 bits per heavy atom. The van der Waals surface area contributed by atoms with Gasteiger partial charge in [-0.15, -0.1) is 0 Å². The Balaban J connectivity index is 1.40. The first-order chi connectivity index (χ1) is 16.1. The zero-order chi connectivity index (χ0) is 24.6. The smallest absolute Gasteiger partial charge is 0.251 e. The second-order valence-electron chi connectivity index (χ2n) is 9.59. The van der Waals surface area contributed by atoms with Crippen LogP contribution in [0.25, 0.3) is 0 Å². The van der Waals surface area contributed by atoms with Gasteiger partial charge in [0.2, 0.25) is 15.9 Å². The van der Waals surface area contributed by atoms with Gasteiger partial charge in [0.25, 0.3) is 5.91 Å². The summed E-state index contributed by atoms with van der Waals surface area (Å²) >= 11 is 0. The summed E-state index contributed by atoms with van der Waals surface area (Å²) in [5.41, 5.74) is 4.59. The lowest BCUT2D eigenvalue weighted by Gasteiger charge is -2.31. The number of rotatable bonds is 6. The summed E-state index contributed by atoms with van der Waals surface area (Å²) in [7, 11) is -3.64. The fourth-order valence-electron chi connectivity index (χ4n) is 4.53. The van der Waals surface area contributed by atoms with Gasteiger partial charge < -0.3 is 10.6 Å². The number of hydrogen-bond donors (Lipinski definition) is 2. The van der Waals surface area contributed by atoms with Crippen LogP contribution >= 0.6 is 0 Å². The molecule has 2 aromatic rings. The molecule has 0 bridgehead atoms. The van der Waals surface area contributed by atoms with Crippen molar-refractivity contribution in [1.82, 2.24) is 9.62 Å². The zero-order valence-electron chi connectivity index (χ0n) is 20.3. The van der Waals surface area contributed by atoms with E-state index in [0.29, 0.717) is 42.1 Å². The molecular weight excluding hydrogens is 450 g/mol. The van der Waals surface area contributed by atoms with Crippen molar-refractivity contribution in [3.05, 3.63) is 58.1 Å². The Bertz CT molecular complexity index is 1200. The molecule has 0 aromatic heterocycles. The Morgan fingerprint density at radius 2 is 1.53 bits per heavy atom. The summed E-state index contributed by atoms with van der Waals surface area (Å²) in [4.78, 5) is 25.6. The Hall–Kier alpha value is -2.71. The molecule has 34 heavy (non-hydrogen) atoms. The first-order valence-corrected chi connectivity index (χ1v) is 13.3. The van der Waals surface area contributed by atoms with Gasteiger partial charge in [0.05, 0.1) is 4.90 Å². The van der Waals surface area contributed by atoms with Gasteiger partial charge >= 0.3 is 0 Å². The van der Waals surface area contributed by atoms with Gasteiger partial charge in [-0.05, 0) is 93.8 Å². The van der Waals surface area contributed by atoms with Gasteiger partial charge in [0.15, 0.2) is 0 Å². The van der Waals surface area contributed by atoms with Crippen LogP contribution < -0.4 is 10.6 Å². The van der Waals surface area contributed by atoms with Crippen molar-refractivity contribution < 1.29 is 18.0 Å². The van der Waals surface area contributed by atoms with Crippen molar-refractivity contribution in [1.29, 1.82) is 0 Å². The van der Waals surface area contributed by atoms with Crippen molar-refractivity contribution in [2.75, 3.05) is 18.4 Å². The summed E-state index contributed by atoms with van der Waals surface area (Å²) in [5, 5.41) is 5.85. The normalized spacial score (nSPS) is 17.4. The topological polar surface area (TPSA) is 95.6 Å². The fraction of sp³-hybridized carbons (Fsp3) is 0.462. The zero-order valence-corrected chi connectivity index (χ0v) is 21.1. The van der Waals surface area contributed by atoms with Gasteiger partial charge in [0.1, 0.15) is 0 Å². The lowest BCUT2D eigenvalue weighted by atomic mass is 9.97. The van der Waals surface area contributed by atoms with Crippen LogP contribution in [0, 0.1) is 33.6 Å². The molecule has 7 nitrogen and oxygen atoms in total. The van der Waals surface area contributed by atoms with Crippen LogP contribution in [0.3, 0.4) is 0 Å². The molecule has 2 N–H and O–H groups in total. The summed E-state index contributed by atoms with van der Waals surface area (Å²) in [6.45, 7) is 8.18. The first kappa shape index (κ1) is 24.4. The number of carbonyl (C=O) groups is 2. The molecule has 2 aromatic carbocycles. The number of hydrogen-bond acceptors (Lipinski definition) is 4. The highest BCUT2D eigenvalue weighted by Gasteiger charge is 2.34. The highest BCUT2D eigenvalue weighted by Crippen LogP contribution is 2.31. The third kappa shape index (κ3) is 5.03. The van der Waals surface area contributed by atoms with Crippen molar-refractivity contribution >= 4 is 27.5 Å². The largest absolute Gasteiger partial charge is 0.349 e. The molecule has 0 unspecified atom stereocenters. The Morgan fingerprint density at radius 3 is 2.12 bits per heavy atom. The summed E-state index contributed by atoms with van der Waals surface area (Å²) in [6, 6.07) is 9.21. The van der Waals surface area contributed by atoms with Crippen LogP contribution in [0.4, 0.5) is 5.69 Å². The minimum absolute atomic E-state index is 0.130. The van der Waals surface area contributed by atoms with E-state index in [0.717, 1.165) is 35.1 Å². The molecule has 0 atom stereocenters. The van der Waals surface area contributed by atoms with E-state index in [1.165, 1.54) is 4.31 Å². The molecule has 0 spiro atoms. The average molecular weight is 484 g/mol. The number of benzene rings is 2. The molecule has 1 saturated carbocycles. The van der Waals surface area contributed by atoms with E-state index in [-0.39, 0.29) is 23.8 Å². The second kappa shape index (κ2) is 9.50. The SMILES string of the molecule is Cc1cc(C)c(C)c(S(=O)(=O)N2CCC(C(=O)Nc3cccc(C(=O)NC4CC4)c3)CC2)c1C. The maximum atomic E-state index is 13.5. The molecule has 0 radical (unpaired) electrons. The monoisotopic (exact) mass is 483 g/mol. The van der Waals surface area contributed by atoms with E-state index in [1.54, 1.807) is 24.3 Å². The maximum Gasteiger partial charge on any atom is 0.251 e. The van der Waals surface area contributed by atoms with Crippen LogP contribution in [0.15, 0.2) is 35.2 Å². The lowest BCUT2D eigenvalue weighted by molar-refractivity contribution is -0.120. The van der Waals surface area contributed by atoms with Crippen LogP contribution in [-0.2, 0) is 14.8 Å². The van der Waals surface area contributed by atoms with Gasteiger partial charge in [-0.1, -0.05) is 12.1 Å². The quantitative estimate of drug-likeness (QED) is 0.652. The van der Waals surface area contributed by atoms with E-state index >= 15 is 0 Å². The number of piperidine rings is 1. The van der Waals surface area contributed by atoms with Crippen molar-refractivity contribution in [3.8, 4) is 0 Å². The molecule has 2 fully saturated rings. The number of aryl methyl sites for hydroxylation is 2. The standard InChI is InChI=1S/C26H33N3O4S/c1-16-14-17(2)19(4)24(18(16)3)34(32,33)29-12-10-20(11-13-29)25(30)28-23-7-5-6-21(15-23)26(31)27-22-8-9-22/h5-7,14-15,20,22H,8-13H2,1-4H3,(H,27,31)(H,28,30). The third-order valence-electron chi connectivity index (χ3n) is 7.02. The van der Waals surface area contributed by atoms with Crippen LogP contribution in [0.5, 0.6) is 0 Å². The highest BCUT2D eigenvalue weighted by molar-refractivity contribution is 7.89. The molecule has 1 aliphatic carbocycles. The Labute approximate surface area is 202 Å². The van der Waals surface area contributed by atoms with Crippen molar-refractivity contribution in [2.24, 2.45) is 5.92 Å². The third-order valence-corrected chi connectivity index (χ3v) is 9.20. The first-order valence-electron chi connectivity index (χ1n) is 11.9. The predicted octanol–water partition coefficient (Wildman–Crippen LogP) is 3.85. The molecule has 8 heteroatoms. The number of sulfonamides is 1. The number of nitrogens with zero attached hydrogens (tertiary/aromatic N) is 1. The van der Waals surface area contributed by atoms with Crippen LogP contribution in [0.2, 0.25) is 0 Å². The number of carbonyl (C=O) groups excluding carboxylic acids is 2. The molecule has 2 aliphatic rings. The van der Waals surface area contributed by atoms with E-state index < -0.39 is 10.0 Å². The lowest BCUT2D eigenvalue weighted by Crippen LogP contribution is -2.41.